The summed E-state index contributed by atoms with van der Waals surface area (Å²) in [6.45, 7) is 0. The van der Waals surface area contributed by atoms with Crippen molar-refractivity contribution in [3.05, 3.63) is 47.0 Å². The van der Waals surface area contributed by atoms with E-state index in [1.54, 1.807) is 0 Å². The first-order valence-corrected chi connectivity index (χ1v) is 6.60. The van der Waals surface area contributed by atoms with Crippen molar-refractivity contribution in [2.24, 2.45) is 5.92 Å². The molecule has 17 heavy (non-hydrogen) atoms. The van der Waals surface area contributed by atoms with Gasteiger partial charge >= 0.3 is 0 Å². The van der Waals surface area contributed by atoms with E-state index in [4.69, 9.17) is 0 Å². The second-order valence-electron chi connectivity index (χ2n) is 5.73. The molecule has 2 bridgehead atoms. The van der Waals surface area contributed by atoms with Crippen LogP contribution < -0.4 is 0 Å². The Morgan fingerprint density at radius 2 is 2.06 bits per heavy atom. The normalized spacial score (nSPS) is 34.0. The van der Waals surface area contributed by atoms with E-state index in [9.17, 15) is 4.79 Å². The summed E-state index contributed by atoms with van der Waals surface area (Å²) in [7, 11) is 0. The monoisotopic (exact) mass is 224 g/mol. The molecule has 1 fully saturated rings. The molecule has 0 aromatic heterocycles. The van der Waals surface area contributed by atoms with Gasteiger partial charge < -0.3 is 0 Å². The molecule has 0 aliphatic heterocycles. The van der Waals surface area contributed by atoms with E-state index >= 15 is 0 Å². The van der Waals surface area contributed by atoms with Crippen molar-refractivity contribution in [3.8, 4) is 0 Å². The molecule has 0 radical (unpaired) electrons. The van der Waals surface area contributed by atoms with Crippen LogP contribution in [0.4, 0.5) is 0 Å². The van der Waals surface area contributed by atoms with Crippen LogP contribution >= 0.6 is 0 Å². The molecule has 1 aromatic carbocycles. The molecular weight excluding hydrogens is 208 g/mol. The van der Waals surface area contributed by atoms with Crippen LogP contribution in [0, 0.1) is 5.92 Å². The highest BCUT2D eigenvalue weighted by molar-refractivity contribution is 5.94. The van der Waals surface area contributed by atoms with Gasteiger partial charge in [0.2, 0.25) is 0 Å². The van der Waals surface area contributed by atoms with E-state index in [1.807, 2.05) is 0 Å². The Morgan fingerprint density at radius 3 is 2.82 bits per heavy atom. The molecule has 3 aliphatic carbocycles. The summed E-state index contributed by atoms with van der Waals surface area (Å²) < 4.78 is 0. The molecule has 0 saturated heterocycles. The van der Waals surface area contributed by atoms with Crippen molar-refractivity contribution in [1.29, 1.82) is 0 Å². The predicted octanol–water partition coefficient (Wildman–Crippen LogP) is 3.18. The van der Waals surface area contributed by atoms with Gasteiger partial charge in [-0.3, -0.25) is 4.79 Å². The number of hydrogen-bond donors (Lipinski definition) is 0. The van der Waals surface area contributed by atoms with Crippen LogP contribution in [0.5, 0.6) is 0 Å². The Bertz CT molecular complexity index is 540. The fourth-order valence-corrected chi connectivity index (χ4v) is 4.25. The number of ketones is 1. The topological polar surface area (TPSA) is 17.1 Å². The van der Waals surface area contributed by atoms with Crippen molar-refractivity contribution >= 4 is 5.78 Å². The van der Waals surface area contributed by atoms with Crippen LogP contribution in [-0.2, 0) is 16.6 Å². The van der Waals surface area contributed by atoms with Crippen molar-refractivity contribution in [2.45, 2.75) is 37.5 Å². The van der Waals surface area contributed by atoms with Gasteiger partial charge in [-0.1, -0.05) is 35.9 Å². The lowest BCUT2D eigenvalue weighted by molar-refractivity contribution is -0.126. The second kappa shape index (κ2) is 3.10. The number of benzene rings is 1. The first-order chi connectivity index (χ1) is 8.30. The number of Topliss-reactive ketones (excluding diaryl/α,β-unsaturated/α-hetero) is 1. The molecule has 0 amide bonds. The van der Waals surface area contributed by atoms with E-state index in [-0.39, 0.29) is 5.41 Å². The van der Waals surface area contributed by atoms with Gasteiger partial charge in [0.15, 0.2) is 0 Å². The zero-order chi connectivity index (χ0) is 11.5. The van der Waals surface area contributed by atoms with Crippen LogP contribution in [-0.4, -0.2) is 5.78 Å². The maximum atomic E-state index is 12.5. The Morgan fingerprint density at radius 1 is 1.18 bits per heavy atom. The summed E-state index contributed by atoms with van der Waals surface area (Å²) in [6, 6.07) is 8.62. The van der Waals surface area contributed by atoms with Gasteiger partial charge in [0.25, 0.3) is 0 Å². The van der Waals surface area contributed by atoms with E-state index in [1.165, 1.54) is 23.1 Å². The van der Waals surface area contributed by atoms with E-state index in [0.29, 0.717) is 11.7 Å². The Labute approximate surface area is 102 Å². The third-order valence-corrected chi connectivity index (χ3v) is 5.02. The highest BCUT2D eigenvalue weighted by atomic mass is 16.1. The minimum atomic E-state index is -0.126. The molecule has 0 heterocycles. The van der Waals surface area contributed by atoms with Gasteiger partial charge in [0, 0.05) is 6.42 Å². The Kier molecular flexibility index (Phi) is 1.76. The van der Waals surface area contributed by atoms with Gasteiger partial charge in [-0.15, -0.1) is 0 Å². The highest BCUT2D eigenvalue weighted by Crippen LogP contribution is 2.57. The maximum Gasteiger partial charge on any atom is 0.144 e. The van der Waals surface area contributed by atoms with Crippen molar-refractivity contribution < 1.29 is 4.79 Å². The summed E-state index contributed by atoms with van der Waals surface area (Å²) in [5, 5.41) is 0. The highest BCUT2D eigenvalue weighted by Gasteiger charge is 2.54. The summed E-state index contributed by atoms with van der Waals surface area (Å²) in [4.78, 5) is 12.5. The third kappa shape index (κ3) is 1.07. The van der Waals surface area contributed by atoms with Crippen LogP contribution in [0.15, 0.2) is 35.9 Å². The van der Waals surface area contributed by atoms with Crippen LogP contribution in [0.2, 0.25) is 0 Å². The van der Waals surface area contributed by atoms with Crippen LogP contribution in [0.3, 0.4) is 0 Å². The molecule has 1 aromatic rings. The first-order valence-electron chi connectivity index (χ1n) is 6.60. The van der Waals surface area contributed by atoms with Crippen LogP contribution in [0.25, 0.3) is 0 Å². The minimum absolute atomic E-state index is 0.126. The first kappa shape index (κ1) is 9.64. The van der Waals surface area contributed by atoms with Gasteiger partial charge in [0.05, 0.1) is 5.41 Å². The van der Waals surface area contributed by atoms with Crippen molar-refractivity contribution in [2.75, 3.05) is 0 Å². The largest absolute Gasteiger partial charge is 0.299 e. The van der Waals surface area contributed by atoms with Gasteiger partial charge in [-0.25, -0.2) is 0 Å². The van der Waals surface area contributed by atoms with E-state index in [0.717, 1.165) is 25.7 Å². The zero-order valence-electron chi connectivity index (χ0n) is 9.91. The summed E-state index contributed by atoms with van der Waals surface area (Å²) >= 11 is 0. The lowest BCUT2D eigenvalue weighted by Gasteiger charge is -2.39. The fraction of sp³-hybridized carbons (Fsp3) is 0.438. The summed E-state index contributed by atoms with van der Waals surface area (Å²) in [6.07, 6.45) is 7.35. The average Bonchev–Trinajstić information content (AvgIpc) is 2.96. The lowest BCUT2D eigenvalue weighted by Crippen LogP contribution is -2.43. The second-order valence-corrected chi connectivity index (χ2v) is 5.73. The third-order valence-electron chi connectivity index (χ3n) is 5.02. The molecule has 4 rings (SSSR count). The number of carbonyl (C=O) groups is 1. The van der Waals surface area contributed by atoms with Crippen LogP contribution in [0.1, 0.15) is 36.8 Å². The van der Waals surface area contributed by atoms with Crippen molar-refractivity contribution in [1.82, 2.24) is 0 Å². The smallest absolute Gasteiger partial charge is 0.144 e. The van der Waals surface area contributed by atoms with E-state index in [2.05, 4.69) is 30.3 Å². The molecule has 3 aliphatic rings. The summed E-state index contributed by atoms with van der Waals surface area (Å²) in [5.41, 5.74) is 4.17. The van der Waals surface area contributed by atoms with E-state index < -0.39 is 0 Å². The fourth-order valence-electron chi connectivity index (χ4n) is 4.25. The van der Waals surface area contributed by atoms with Gasteiger partial charge in [-0.05, 0) is 42.7 Å². The number of allylic oxidation sites excluding steroid dienone is 2. The zero-order valence-corrected chi connectivity index (χ0v) is 9.91. The van der Waals surface area contributed by atoms with Gasteiger partial charge in [-0.2, -0.15) is 0 Å². The molecule has 1 saturated carbocycles. The molecule has 2 unspecified atom stereocenters. The number of aryl methyl sites for hydroxylation is 1. The number of carbonyl (C=O) groups excluding carboxylic acids is 1. The minimum Gasteiger partial charge on any atom is -0.299 e. The average molecular weight is 224 g/mol. The van der Waals surface area contributed by atoms with Gasteiger partial charge in [0.1, 0.15) is 5.78 Å². The molecule has 1 nitrogen and oxygen atoms in total. The molecule has 1 spiro atoms. The Hall–Kier alpha value is -1.37. The summed E-state index contributed by atoms with van der Waals surface area (Å²) in [5.74, 6) is 1.07. The predicted molar refractivity (Wildman–Crippen MR) is 66.9 cm³/mol. The Balaban J connectivity index is 1.96. The molecule has 0 N–H and O–H groups in total. The number of fused-ring (bicyclic) bond motifs is 5. The SMILES string of the molecule is O=C1CCc2ccccc2C12CC1=CCC2C1. The molecule has 1 heteroatoms. The quantitative estimate of drug-likeness (QED) is 0.619. The molecular formula is C16H16O. The number of rotatable bonds is 0. The lowest BCUT2D eigenvalue weighted by atomic mass is 9.62. The van der Waals surface area contributed by atoms with Crippen molar-refractivity contribution in [3.63, 3.8) is 0 Å². The standard InChI is InChI=1S/C16H16O/c17-15-8-6-12-3-1-2-4-14(12)16(15)10-11-5-7-13(16)9-11/h1-5,13H,6-10H2. The maximum absolute atomic E-state index is 12.5. The molecule has 86 valence electrons. The molecule has 2 atom stereocenters. The number of hydrogen-bond acceptors (Lipinski definition) is 1.